The molecule has 18 heavy (non-hydrogen) atoms. The van der Waals surface area contributed by atoms with Crippen LogP contribution in [0.5, 0.6) is 0 Å². The zero-order valence-electron chi connectivity index (χ0n) is 10.8. The van der Waals surface area contributed by atoms with Gasteiger partial charge in [-0.2, -0.15) is 0 Å². The molecular weight excluding hydrogens is 226 g/mol. The van der Waals surface area contributed by atoms with E-state index >= 15 is 0 Å². The minimum atomic E-state index is -0.384. The highest BCUT2D eigenvalue weighted by Gasteiger charge is 2.12. The van der Waals surface area contributed by atoms with E-state index in [0.29, 0.717) is 12.8 Å². The number of hydrogen-bond donors (Lipinski definition) is 1. The number of aromatic nitrogens is 1. The first-order chi connectivity index (χ1) is 8.70. The molecule has 2 aromatic rings. The fourth-order valence-corrected chi connectivity index (χ4v) is 2.15. The molecular formula is C15H19NO2. The molecule has 1 aromatic carbocycles. The van der Waals surface area contributed by atoms with Crippen LogP contribution in [0.15, 0.2) is 36.5 Å². The molecule has 2 unspecified atom stereocenters. The highest BCUT2D eigenvalue weighted by atomic mass is 16.5. The number of para-hydroxylation sites is 1. The van der Waals surface area contributed by atoms with Gasteiger partial charge in [-0.05, 0) is 37.5 Å². The summed E-state index contributed by atoms with van der Waals surface area (Å²) >= 11 is 0. The molecule has 0 aliphatic carbocycles. The van der Waals surface area contributed by atoms with Crippen LogP contribution < -0.4 is 0 Å². The largest absolute Gasteiger partial charge is 0.393 e. The molecule has 0 aliphatic rings. The van der Waals surface area contributed by atoms with Crippen molar-refractivity contribution in [3.05, 3.63) is 42.1 Å². The summed E-state index contributed by atoms with van der Waals surface area (Å²) in [5.74, 6) is 0. The van der Waals surface area contributed by atoms with Crippen LogP contribution in [0.1, 0.15) is 18.9 Å². The SMILES string of the molecule is COC(C)CC(O)Cc1ccnc2ccccc12. The van der Waals surface area contributed by atoms with Gasteiger partial charge in [-0.3, -0.25) is 4.98 Å². The number of hydrogen-bond acceptors (Lipinski definition) is 3. The lowest BCUT2D eigenvalue weighted by molar-refractivity contribution is 0.0567. The Hall–Kier alpha value is -1.45. The number of nitrogens with zero attached hydrogens (tertiary/aromatic N) is 1. The average Bonchev–Trinajstić information content (AvgIpc) is 2.39. The fourth-order valence-electron chi connectivity index (χ4n) is 2.15. The second kappa shape index (κ2) is 5.94. The highest BCUT2D eigenvalue weighted by molar-refractivity contribution is 5.81. The topological polar surface area (TPSA) is 42.4 Å². The number of fused-ring (bicyclic) bond motifs is 1. The Bertz CT molecular complexity index is 507. The Balaban J connectivity index is 2.16. The van der Waals surface area contributed by atoms with Crippen LogP contribution in [-0.4, -0.2) is 29.4 Å². The number of rotatable bonds is 5. The van der Waals surface area contributed by atoms with Crippen molar-refractivity contribution in [2.24, 2.45) is 0 Å². The smallest absolute Gasteiger partial charge is 0.0704 e. The van der Waals surface area contributed by atoms with E-state index in [1.807, 2.05) is 37.3 Å². The third-order valence-corrected chi connectivity index (χ3v) is 3.20. The summed E-state index contributed by atoms with van der Waals surface area (Å²) in [6, 6.07) is 9.98. The first kappa shape index (κ1) is 13.0. The molecule has 0 fully saturated rings. The van der Waals surface area contributed by atoms with E-state index in [4.69, 9.17) is 4.74 Å². The van der Waals surface area contributed by atoms with Gasteiger partial charge in [0.1, 0.15) is 0 Å². The van der Waals surface area contributed by atoms with Crippen LogP contribution in [0.4, 0.5) is 0 Å². The first-order valence-electron chi connectivity index (χ1n) is 6.24. The Labute approximate surface area is 107 Å². The summed E-state index contributed by atoms with van der Waals surface area (Å²) in [6.45, 7) is 1.97. The molecule has 2 atom stereocenters. The molecule has 0 aliphatic heterocycles. The Morgan fingerprint density at radius 1 is 1.28 bits per heavy atom. The van der Waals surface area contributed by atoms with E-state index in [1.165, 1.54) is 0 Å². The molecule has 1 aromatic heterocycles. The van der Waals surface area contributed by atoms with Crippen LogP contribution in [-0.2, 0) is 11.2 Å². The molecule has 0 saturated carbocycles. The molecule has 3 nitrogen and oxygen atoms in total. The van der Waals surface area contributed by atoms with E-state index in [9.17, 15) is 5.11 Å². The number of pyridine rings is 1. The molecule has 0 radical (unpaired) electrons. The summed E-state index contributed by atoms with van der Waals surface area (Å²) in [4.78, 5) is 4.32. The maximum Gasteiger partial charge on any atom is 0.0704 e. The van der Waals surface area contributed by atoms with Crippen LogP contribution in [0.25, 0.3) is 10.9 Å². The van der Waals surface area contributed by atoms with Gasteiger partial charge in [0.2, 0.25) is 0 Å². The fraction of sp³-hybridized carbons (Fsp3) is 0.400. The first-order valence-corrected chi connectivity index (χ1v) is 6.24. The number of ether oxygens (including phenoxy) is 1. The van der Waals surface area contributed by atoms with Gasteiger partial charge in [0.05, 0.1) is 17.7 Å². The summed E-state index contributed by atoms with van der Waals surface area (Å²) in [6.07, 6.45) is 2.77. The third-order valence-electron chi connectivity index (χ3n) is 3.20. The van der Waals surface area contributed by atoms with Gasteiger partial charge in [0, 0.05) is 18.7 Å². The standard InChI is InChI=1S/C15H19NO2/c1-11(18-2)9-13(17)10-12-7-8-16-15-6-4-3-5-14(12)15/h3-8,11,13,17H,9-10H2,1-2H3. The molecule has 96 valence electrons. The molecule has 0 bridgehead atoms. The number of benzene rings is 1. The van der Waals surface area contributed by atoms with E-state index in [0.717, 1.165) is 16.5 Å². The molecule has 1 heterocycles. The summed E-state index contributed by atoms with van der Waals surface area (Å²) in [5, 5.41) is 11.2. The van der Waals surface area contributed by atoms with Crippen molar-refractivity contribution in [1.29, 1.82) is 0 Å². The van der Waals surface area contributed by atoms with Crippen molar-refractivity contribution in [1.82, 2.24) is 4.98 Å². The van der Waals surface area contributed by atoms with Gasteiger partial charge in [-0.1, -0.05) is 18.2 Å². The summed E-state index contributed by atoms with van der Waals surface area (Å²) in [5.41, 5.74) is 2.11. The van der Waals surface area contributed by atoms with Crippen LogP contribution in [0, 0.1) is 0 Å². The van der Waals surface area contributed by atoms with Crippen LogP contribution in [0.3, 0.4) is 0 Å². The molecule has 0 saturated heterocycles. The molecule has 0 spiro atoms. The monoisotopic (exact) mass is 245 g/mol. The average molecular weight is 245 g/mol. The van der Waals surface area contributed by atoms with Crippen LogP contribution >= 0.6 is 0 Å². The van der Waals surface area contributed by atoms with Crippen LogP contribution in [0.2, 0.25) is 0 Å². The molecule has 0 amide bonds. The maximum absolute atomic E-state index is 10.1. The lowest BCUT2D eigenvalue weighted by atomic mass is 10.0. The summed E-state index contributed by atoms with van der Waals surface area (Å²) in [7, 11) is 1.67. The summed E-state index contributed by atoms with van der Waals surface area (Å²) < 4.78 is 5.17. The second-order valence-electron chi connectivity index (χ2n) is 4.63. The molecule has 1 N–H and O–H groups in total. The van der Waals surface area contributed by atoms with E-state index in [2.05, 4.69) is 4.98 Å². The zero-order chi connectivity index (χ0) is 13.0. The molecule has 3 heteroatoms. The highest BCUT2D eigenvalue weighted by Crippen LogP contribution is 2.18. The zero-order valence-corrected chi connectivity index (χ0v) is 10.8. The number of aliphatic hydroxyl groups excluding tert-OH is 1. The van der Waals surface area contributed by atoms with Gasteiger partial charge in [0.25, 0.3) is 0 Å². The van der Waals surface area contributed by atoms with Crippen molar-refractivity contribution >= 4 is 10.9 Å². The number of methoxy groups -OCH3 is 1. The number of aliphatic hydroxyl groups is 1. The van der Waals surface area contributed by atoms with Crippen molar-refractivity contribution in [2.75, 3.05) is 7.11 Å². The van der Waals surface area contributed by atoms with Gasteiger partial charge < -0.3 is 9.84 Å². The Kier molecular flexibility index (Phi) is 4.28. The Morgan fingerprint density at radius 2 is 2.06 bits per heavy atom. The lowest BCUT2D eigenvalue weighted by Crippen LogP contribution is -2.19. The van der Waals surface area contributed by atoms with Crippen molar-refractivity contribution in [3.63, 3.8) is 0 Å². The minimum absolute atomic E-state index is 0.0769. The normalized spacial score (nSPS) is 14.6. The van der Waals surface area contributed by atoms with Crippen molar-refractivity contribution in [2.45, 2.75) is 32.0 Å². The predicted octanol–water partition coefficient (Wildman–Crippen LogP) is 2.56. The minimum Gasteiger partial charge on any atom is -0.393 e. The molecule has 2 rings (SSSR count). The van der Waals surface area contributed by atoms with Gasteiger partial charge in [-0.25, -0.2) is 0 Å². The lowest BCUT2D eigenvalue weighted by Gasteiger charge is -2.16. The van der Waals surface area contributed by atoms with Gasteiger partial charge in [-0.15, -0.1) is 0 Å². The van der Waals surface area contributed by atoms with Gasteiger partial charge in [0.15, 0.2) is 0 Å². The van der Waals surface area contributed by atoms with E-state index in [-0.39, 0.29) is 12.2 Å². The van der Waals surface area contributed by atoms with Gasteiger partial charge >= 0.3 is 0 Å². The van der Waals surface area contributed by atoms with Crippen molar-refractivity contribution < 1.29 is 9.84 Å². The Morgan fingerprint density at radius 3 is 2.83 bits per heavy atom. The van der Waals surface area contributed by atoms with E-state index < -0.39 is 0 Å². The maximum atomic E-state index is 10.1. The quantitative estimate of drug-likeness (QED) is 0.880. The second-order valence-corrected chi connectivity index (χ2v) is 4.63. The van der Waals surface area contributed by atoms with E-state index in [1.54, 1.807) is 13.3 Å². The van der Waals surface area contributed by atoms with Crippen molar-refractivity contribution in [3.8, 4) is 0 Å². The predicted molar refractivity (Wildman–Crippen MR) is 72.5 cm³/mol. The third kappa shape index (κ3) is 3.06.